The quantitative estimate of drug-likeness (QED) is 0.868. The van der Waals surface area contributed by atoms with E-state index in [1.54, 1.807) is 12.1 Å². The van der Waals surface area contributed by atoms with Gasteiger partial charge in [-0.05, 0) is 49.1 Å². The highest BCUT2D eigenvalue weighted by molar-refractivity contribution is 5.96. The number of rotatable bonds is 3. The fourth-order valence-electron chi connectivity index (χ4n) is 3.06. The average Bonchev–Trinajstić information content (AvgIpc) is 2.89. The second kappa shape index (κ2) is 6.03. The van der Waals surface area contributed by atoms with Gasteiger partial charge in [-0.25, -0.2) is 0 Å². The summed E-state index contributed by atoms with van der Waals surface area (Å²) in [5, 5.41) is 8.80. The number of anilines is 1. The average molecular weight is 290 g/mol. The Hall–Kier alpha value is -2.60. The van der Waals surface area contributed by atoms with Gasteiger partial charge in [0.25, 0.3) is 0 Å². The Morgan fingerprint density at radius 2 is 1.95 bits per heavy atom. The predicted octanol–water partition coefficient (Wildman–Crippen LogP) is 3.47. The predicted molar refractivity (Wildman–Crippen MR) is 86.6 cm³/mol. The SMILES string of the molecule is CC1Cc2ccccc2N1C(=O)CCc1ccc(C#N)cc1. The molecular weight excluding hydrogens is 272 g/mol. The topological polar surface area (TPSA) is 44.1 Å². The molecule has 1 aliphatic rings. The van der Waals surface area contributed by atoms with Gasteiger partial charge in [0.15, 0.2) is 0 Å². The molecule has 0 radical (unpaired) electrons. The van der Waals surface area contributed by atoms with E-state index >= 15 is 0 Å². The van der Waals surface area contributed by atoms with Gasteiger partial charge in [-0.3, -0.25) is 4.79 Å². The van der Waals surface area contributed by atoms with Crippen LogP contribution in [-0.4, -0.2) is 11.9 Å². The molecule has 2 aromatic rings. The zero-order valence-electron chi connectivity index (χ0n) is 12.6. The minimum atomic E-state index is 0.168. The van der Waals surface area contributed by atoms with Crippen molar-refractivity contribution in [3.63, 3.8) is 0 Å². The third kappa shape index (κ3) is 2.73. The minimum absolute atomic E-state index is 0.168. The first kappa shape index (κ1) is 14.3. The lowest BCUT2D eigenvalue weighted by Gasteiger charge is -2.22. The van der Waals surface area contributed by atoms with Crippen molar-refractivity contribution in [3.05, 3.63) is 65.2 Å². The first-order valence-electron chi connectivity index (χ1n) is 7.58. The minimum Gasteiger partial charge on any atom is -0.309 e. The van der Waals surface area contributed by atoms with Crippen LogP contribution in [0.5, 0.6) is 0 Å². The molecule has 0 bridgehead atoms. The van der Waals surface area contributed by atoms with Crippen molar-refractivity contribution in [2.24, 2.45) is 0 Å². The first-order chi connectivity index (χ1) is 10.7. The number of benzene rings is 2. The van der Waals surface area contributed by atoms with Gasteiger partial charge in [-0.1, -0.05) is 30.3 Å². The van der Waals surface area contributed by atoms with Crippen LogP contribution in [0.1, 0.15) is 30.0 Å². The van der Waals surface area contributed by atoms with Gasteiger partial charge < -0.3 is 4.90 Å². The van der Waals surface area contributed by atoms with Crippen molar-refractivity contribution >= 4 is 11.6 Å². The van der Waals surface area contributed by atoms with Gasteiger partial charge in [-0.15, -0.1) is 0 Å². The van der Waals surface area contributed by atoms with Crippen LogP contribution in [0.4, 0.5) is 5.69 Å². The Balaban J connectivity index is 1.68. The van der Waals surface area contributed by atoms with Gasteiger partial charge in [0.05, 0.1) is 11.6 Å². The molecule has 1 aliphatic heterocycles. The number of carbonyl (C=O) groups is 1. The molecule has 2 aromatic carbocycles. The van der Waals surface area contributed by atoms with E-state index in [9.17, 15) is 4.79 Å². The number of hydrogen-bond donors (Lipinski definition) is 0. The Bertz CT molecular complexity index is 728. The summed E-state index contributed by atoms with van der Waals surface area (Å²) in [7, 11) is 0. The third-order valence-electron chi connectivity index (χ3n) is 4.19. The number of nitrogens with zero attached hydrogens (tertiary/aromatic N) is 2. The van der Waals surface area contributed by atoms with E-state index in [0.29, 0.717) is 18.4 Å². The first-order valence-corrected chi connectivity index (χ1v) is 7.58. The van der Waals surface area contributed by atoms with E-state index in [4.69, 9.17) is 5.26 Å². The molecule has 0 saturated carbocycles. The lowest BCUT2D eigenvalue weighted by molar-refractivity contribution is -0.118. The van der Waals surface area contributed by atoms with Crippen LogP contribution in [0.3, 0.4) is 0 Å². The highest BCUT2D eigenvalue weighted by Crippen LogP contribution is 2.32. The molecule has 22 heavy (non-hydrogen) atoms. The molecule has 0 fully saturated rings. The largest absolute Gasteiger partial charge is 0.309 e. The maximum absolute atomic E-state index is 12.6. The lowest BCUT2D eigenvalue weighted by atomic mass is 10.1. The summed E-state index contributed by atoms with van der Waals surface area (Å²) >= 11 is 0. The fourth-order valence-corrected chi connectivity index (χ4v) is 3.06. The zero-order chi connectivity index (χ0) is 15.5. The summed E-state index contributed by atoms with van der Waals surface area (Å²) in [5.74, 6) is 0.168. The van der Waals surface area contributed by atoms with Crippen molar-refractivity contribution < 1.29 is 4.79 Å². The summed E-state index contributed by atoms with van der Waals surface area (Å²) in [4.78, 5) is 14.5. The number of carbonyl (C=O) groups excluding carboxylic acids is 1. The van der Waals surface area contributed by atoms with Gasteiger partial charge >= 0.3 is 0 Å². The van der Waals surface area contributed by atoms with Crippen molar-refractivity contribution in [1.29, 1.82) is 5.26 Å². The number of fused-ring (bicyclic) bond motifs is 1. The van der Waals surface area contributed by atoms with Gasteiger partial charge in [0.2, 0.25) is 5.91 Å². The maximum Gasteiger partial charge on any atom is 0.227 e. The Labute approximate surface area is 130 Å². The Kier molecular flexibility index (Phi) is 3.93. The van der Waals surface area contributed by atoms with Crippen molar-refractivity contribution in [1.82, 2.24) is 0 Å². The molecule has 110 valence electrons. The van der Waals surface area contributed by atoms with Crippen molar-refractivity contribution in [2.75, 3.05) is 4.90 Å². The molecule has 0 aromatic heterocycles. The molecule has 0 spiro atoms. The van der Waals surface area contributed by atoms with Crippen LogP contribution in [0.25, 0.3) is 0 Å². The summed E-state index contributed by atoms with van der Waals surface area (Å²) in [5.41, 5.74) is 4.05. The molecule has 1 heterocycles. The summed E-state index contributed by atoms with van der Waals surface area (Å²) in [6, 6.07) is 17.9. The van der Waals surface area contributed by atoms with Crippen LogP contribution in [0.2, 0.25) is 0 Å². The van der Waals surface area contributed by atoms with E-state index < -0.39 is 0 Å². The number of amides is 1. The standard InChI is InChI=1S/C19H18N2O/c1-14-12-17-4-2-3-5-18(17)21(14)19(22)11-10-15-6-8-16(13-20)9-7-15/h2-9,14H,10-12H2,1H3. The van der Waals surface area contributed by atoms with Crippen molar-refractivity contribution in [2.45, 2.75) is 32.2 Å². The Morgan fingerprint density at radius 3 is 2.68 bits per heavy atom. The van der Waals surface area contributed by atoms with E-state index in [1.165, 1.54) is 5.56 Å². The molecule has 3 nitrogen and oxygen atoms in total. The maximum atomic E-state index is 12.6. The van der Waals surface area contributed by atoms with Crippen LogP contribution in [-0.2, 0) is 17.6 Å². The number of aryl methyl sites for hydroxylation is 1. The summed E-state index contributed by atoms with van der Waals surface area (Å²) < 4.78 is 0. The number of hydrogen-bond acceptors (Lipinski definition) is 2. The van der Waals surface area contributed by atoms with Crippen molar-refractivity contribution in [3.8, 4) is 6.07 Å². The molecule has 3 heteroatoms. The monoisotopic (exact) mass is 290 g/mol. The molecule has 3 rings (SSSR count). The lowest BCUT2D eigenvalue weighted by Crippen LogP contribution is -2.35. The third-order valence-corrected chi connectivity index (χ3v) is 4.19. The van der Waals surface area contributed by atoms with E-state index in [0.717, 1.165) is 17.7 Å². The van der Waals surface area contributed by atoms with Crippen LogP contribution in [0, 0.1) is 11.3 Å². The van der Waals surface area contributed by atoms with Gasteiger partial charge in [-0.2, -0.15) is 5.26 Å². The van der Waals surface area contributed by atoms with E-state index in [2.05, 4.69) is 19.1 Å². The summed E-state index contributed by atoms with van der Waals surface area (Å²) in [6.07, 6.45) is 2.12. The highest BCUT2D eigenvalue weighted by atomic mass is 16.2. The van der Waals surface area contributed by atoms with Gasteiger partial charge in [0.1, 0.15) is 0 Å². The smallest absolute Gasteiger partial charge is 0.227 e. The number of nitriles is 1. The molecule has 1 unspecified atom stereocenters. The second-order valence-electron chi connectivity index (χ2n) is 5.75. The number of para-hydroxylation sites is 1. The van der Waals surface area contributed by atoms with Gasteiger partial charge in [0, 0.05) is 18.2 Å². The van der Waals surface area contributed by atoms with Crippen LogP contribution in [0.15, 0.2) is 48.5 Å². The van der Waals surface area contributed by atoms with Crippen LogP contribution >= 0.6 is 0 Å². The highest BCUT2D eigenvalue weighted by Gasteiger charge is 2.29. The molecule has 1 amide bonds. The molecule has 0 aliphatic carbocycles. The molecular formula is C19H18N2O. The van der Waals surface area contributed by atoms with E-state index in [1.807, 2.05) is 35.2 Å². The second-order valence-corrected chi connectivity index (χ2v) is 5.75. The molecule has 0 N–H and O–H groups in total. The molecule has 0 saturated heterocycles. The summed E-state index contributed by atoms with van der Waals surface area (Å²) in [6.45, 7) is 2.10. The van der Waals surface area contributed by atoms with Crippen LogP contribution < -0.4 is 4.90 Å². The Morgan fingerprint density at radius 1 is 1.23 bits per heavy atom. The van der Waals surface area contributed by atoms with E-state index in [-0.39, 0.29) is 11.9 Å². The normalized spacial score (nSPS) is 16.2. The fraction of sp³-hybridized carbons (Fsp3) is 0.263. The zero-order valence-corrected chi connectivity index (χ0v) is 12.6. The molecule has 1 atom stereocenters.